The Hall–Kier alpha value is -0.0800. The Morgan fingerprint density at radius 2 is 1.80 bits per heavy atom. The second-order valence-corrected chi connectivity index (χ2v) is 3.41. The topological polar surface area (TPSA) is 20.2 Å². The van der Waals surface area contributed by atoms with Crippen LogP contribution in [0.5, 0.6) is 0 Å². The number of aliphatic hydroxyl groups excluding tert-OH is 1. The highest BCUT2D eigenvalue weighted by atomic mass is 16.2. The summed E-state index contributed by atoms with van der Waals surface area (Å²) in [6, 6.07) is 0. The smallest absolute Gasteiger partial charge is 0.0783 e. The molecule has 0 bridgehead atoms. The molecule has 0 aromatic rings. The van der Waals surface area contributed by atoms with E-state index in [1.54, 1.807) is 0 Å². The predicted molar refractivity (Wildman–Crippen MR) is 43.8 cm³/mol. The average molecular weight is 146 g/mol. The molecule has 0 unspecified atom stereocenters. The second-order valence-electron chi connectivity index (χ2n) is 3.41. The number of unbranched alkanes of at least 4 members (excludes halogenated alkanes) is 1. The van der Waals surface area contributed by atoms with Gasteiger partial charge in [-0.25, -0.2) is 0 Å². The molecular formula is C8H20NO+. The number of hydrogen-bond donors (Lipinski definition) is 1. The van der Waals surface area contributed by atoms with Crippen LogP contribution < -0.4 is 0 Å². The van der Waals surface area contributed by atoms with Crippen molar-refractivity contribution in [2.24, 2.45) is 0 Å². The molecule has 2 heteroatoms. The van der Waals surface area contributed by atoms with Gasteiger partial charge in [-0.05, 0) is 19.8 Å². The number of nitrogens with zero attached hydrogens (tertiary/aromatic N) is 1. The van der Waals surface area contributed by atoms with Gasteiger partial charge >= 0.3 is 0 Å². The first-order valence-electron chi connectivity index (χ1n) is 4.05. The van der Waals surface area contributed by atoms with Crippen molar-refractivity contribution in [2.45, 2.75) is 19.8 Å². The maximum Gasteiger partial charge on any atom is 0.0783 e. The highest BCUT2D eigenvalue weighted by Crippen LogP contribution is 1.99. The molecule has 0 amide bonds. The fraction of sp³-hybridized carbons (Fsp3) is 1.00. The summed E-state index contributed by atoms with van der Waals surface area (Å²) in [7, 11) is 4.44. The van der Waals surface area contributed by atoms with Crippen molar-refractivity contribution in [2.75, 3.05) is 33.8 Å². The van der Waals surface area contributed by atoms with Crippen molar-refractivity contribution in [1.29, 1.82) is 0 Å². The molecule has 0 aliphatic heterocycles. The molecule has 0 saturated heterocycles. The Morgan fingerprint density at radius 1 is 1.20 bits per heavy atom. The maximum atomic E-state index is 8.53. The lowest BCUT2D eigenvalue weighted by molar-refractivity contribution is -0.888. The third-order valence-corrected chi connectivity index (χ3v) is 2.03. The van der Waals surface area contributed by atoms with Gasteiger partial charge in [0, 0.05) is 6.61 Å². The second kappa shape index (κ2) is 4.69. The largest absolute Gasteiger partial charge is 0.396 e. The summed E-state index contributed by atoms with van der Waals surface area (Å²) >= 11 is 0. The minimum Gasteiger partial charge on any atom is -0.396 e. The van der Waals surface area contributed by atoms with Crippen LogP contribution in [0.1, 0.15) is 19.8 Å². The molecule has 10 heavy (non-hydrogen) atoms. The van der Waals surface area contributed by atoms with Gasteiger partial charge in [0.25, 0.3) is 0 Å². The lowest BCUT2D eigenvalue weighted by Gasteiger charge is -2.27. The molecule has 1 N–H and O–H groups in total. The van der Waals surface area contributed by atoms with Crippen molar-refractivity contribution >= 4 is 0 Å². The average Bonchev–Trinajstić information content (AvgIpc) is 1.89. The molecule has 0 aromatic heterocycles. The predicted octanol–water partition coefficient (Wildman–Crippen LogP) is 0.855. The molecule has 0 aromatic carbocycles. The highest BCUT2D eigenvalue weighted by Gasteiger charge is 2.09. The first kappa shape index (κ1) is 9.92. The van der Waals surface area contributed by atoms with E-state index in [1.807, 2.05) is 0 Å². The molecule has 0 radical (unpaired) electrons. The van der Waals surface area contributed by atoms with Crippen molar-refractivity contribution < 1.29 is 9.59 Å². The van der Waals surface area contributed by atoms with Crippen molar-refractivity contribution in [3.05, 3.63) is 0 Å². The van der Waals surface area contributed by atoms with Crippen LogP contribution in [-0.2, 0) is 0 Å². The Labute approximate surface area is 64.1 Å². The number of rotatable bonds is 5. The summed E-state index contributed by atoms with van der Waals surface area (Å²) < 4.78 is 1.07. The van der Waals surface area contributed by atoms with E-state index in [0.29, 0.717) is 6.61 Å². The van der Waals surface area contributed by atoms with Crippen LogP contribution in [0.25, 0.3) is 0 Å². The molecular weight excluding hydrogens is 126 g/mol. The van der Waals surface area contributed by atoms with Gasteiger partial charge in [0.1, 0.15) is 0 Å². The van der Waals surface area contributed by atoms with Gasteiger partial charge in [0.2, 0.25) is 0 Å². The molecule has 0 spiro atoms. The summed E-state index contributed by atoms with van der Waals surface area (Å²) in [6.45, 7) is 4.88. The van der Waals surface area contributed by atoms with E-state index >= 15 is 0 Å². The van der Waals surface area contributed by atoms with Crippen LogP contribution >= 0.6 is 0 Å². The Morgan fingerprint density at radius 3 is 2.20 bits per heavy atom. The van der Waals surface area contributed by atoms with E-state index in [0.717, 1.165) is 17.3 Å². The van der Waals surface area contributed by atoms with Crippen molar-refractivity contribution in [3.8, 4) is 0 Å². The molecule has 0 saturated carbocycles. The number of hydrogen-bond acceptors (Lipinski definition) is 1. The van der Waals surface area contributed by atoms with E-state index in [1.165, 1.54) is 13.1 Å². The van der Waals surface area contributed by atoms with E-state index in [9.17, 15) is 0 Å². The molecule has 62 valence electrons. The highest BCUT2D eigenvalue weighted by molar-refractivity contribution is 4.36. The first-order chi connectivity index (χ1) is 4.62. The molecule has 0 fully saturated rings. The van der Waals surface area contributed by atoms with Gasteiger partial charge in [0.05, 0.1) is 27.2 Å². The molecule has 0 rings (SSSR count). The van der Waals surface area contributed by atoms with Gasteiger partial charge in [0.15, 0.2) is 0 Å². The molecule has 2 nitrogen and oxygen atoms in total. The van der Waals surface area contributed by atoms with Crippen LogP contribution in [-0.4, -0.2) is 43.4 Å². The third-order valence-electron chi connectivity index (χ3n) is 2.03. The lowest BCUT2D eigenvalue weighted by atomic mass is 10.3. The Kier molecular flexibility index (Phi) is 4.65. The van der Waals surface area contributed by atoms with Crippen LogP contribution in [0.3, 0.4) is 0 Å². The van der Waals surface area contributed by atoms with Gasteiger partial charge in [-0.1, -0.05) is 0 Å². The lowest BCUT2D eigenvalue weighted by Crippen LogP contribution is -2.39. The van der Waals surface area contributed by atoms with Crippen LogP contribution in [0.2, 0.25) is 0 Å². The molecule has 0 aliphatic rings. The molecule has 0 aliphatic carbocycles. The van der Waals surface area contributed by atoms with E-state index < -0.39 is 0 Å². The van der Waals surface area contributed by atoms with Gasteiger partial charge in [-0.2, -0.15) is 0 Å². The number of aliphatic hydroxyl groups is 1. The number of quaternary nitrogens is 1. The third kappa shape index (κ3) is 4.77. The van der Waals surface area contributed by atoms with E-state index in [4.69, 9.17) is 5.11 Å². The maximum absolute atomic E-state index is 8.53. The van der Waals surface area contributed by atoms with E-state index in [2.05, 4.69) is 21.0 Å². The standard InChI is InChI=1S/C8H20NO/c1-4-9(2,3)7-5-6-8-10/h10H,4-8H2,1-3H3/q+1. The van der Waals surface area contributed by atoms with Gasteiger partial charge in [-0.15, -0.1) is 0 Å². The minimum absolute atomic E-state index is 0.337. The summed E-state index contributed by atoms with van der Waals surface area (Å²) in [5.41, 5.74) is 0. The molecule has 0 heterocycles. The van der Waals surface area contributed by atoms with E-state index in [-0.39, 0.29) is 0 Å². The monoisotopic (exact) mass is 146 g/mol. The quantitative estimate of drug-likeness (QED) is 0.450. The first-order valence-corrected chi connectivity index (χ1v) is 4.05. The summed E-state index contributed by atoms with van der Waals surface area (Å²) in [6.07, 6.45) is 2.08. The van der Waals surface area contributed by atoms with Gasteiger partial charge in [-0.3, -0.25) is 0 Å². The van der Waals surface area contributed by atoms with Crippen molar-refractivity contribution in [1.82, 2.24) is 0 Å². The summed E-state index contributed by atoms with van der Waals surface area (Å²) in [5.74, 6) is 0. The fourth-order valence-corrected chi connectivity index (χ4v) is 0.810. The summed E-state index contributed by atoms with van der Waals surface area (Å²) in [4.78, 5) is 0. The fourth-order valence-electron chi connectivity index (χ4n) is 0.810. The Balaban J connectivity index is 3.28. The van der Waals surface area contributed by atoms with Gasteiger partial charge < -0.3 is 9.59 Å². The Bertz CT molecular complexity index is 81.3. The summed E-state index contributed by atoms with van der Waals surface area (Å²) in [5, 5.41) is 8.53. The zero-order chi connectivity index (χ0) is 8.04. The minimum atomic E-state index is 0.337. The zero-order valence-electron chi connectivity index (χ0n) is 7.43. The molecule has 0 atom stereocenters. The van der Waals surface area contributed by atoms with Crippen LogP contribution in [0, 0.1) is 0 Å². The zero-order valence-corrected chi connectivity index (χ0v) is 7.43. The van der Waals surface area contributed by atoms with Crippen LogP contribution in [0.4, 0.5) is 0 Å². The normalized spacial score (nSPS) is 12.0. The SMILES string of the molecule is CC[N+](C)(C)CCCCO. The van der Waals surface area contributed by atoms with Crippen LogP contribution in [0.15, 0.2) is 0 Å². The van der Waals surface area contributed by atoms with Crippen molar-refractivity contribution in [3.63, 3.8) is 0 Å².